The molecule has 0 amide bonds. The molecule has 50 heavy (non-hydrogen) atoms. The molecule has 0 aliphatic carbocycles. The van der Waals surface area contributed by atoms with Crippen LogP contribution in [-0.2, 0) is 32.8 Å². The molecule has 16 heteroatoms. The Bertz CT molecular complexity index is 2110. The summed E-state index contributed by atoms with van der Waals surface area (Å²) in [6.07, 6.45) is 0.265. The zero-order chi connectivity index (χ0) is 36.4. The van der Waals surface area contributed by atoms with Crippen molar-refractivity contribution in [2.75, 3.05) is 0 Å². The SMILES string of the molecule is Cc1ccccc1I(OS(=O)(=O)C(F)(F)F)c1ccc(Cc2ccc(S(OS(=O)(=O)C(F)(F)F)(c3ccccc3)c3ccccc3)cc2)cc1. The predicted molar refractivity (Wildman–Crippen MR) is 186 cm³/mol. The summed E-state index contributed by atoms with van der Waals surface area (Å²) in [7, 11) is -15.4. The van der Waals surface area contributed by atoms with E-state index in [0.717, 1.165) is 0 Å². The van der Waals surface area contributed by atoms with Crippen LogP contribution in [0.2, 0.25) is 0 Å². The molecule has 0 bridgehead atoms. The summed E-state index contributed by atoms with van der Waals surface area (Å²) in [6, 6.07) is 34.5. The molecule has 0 aliphatic rings. The van der Waals surface area contributed by atoms with Crippen LogP contribution in [0, 0.1) is 14.1 Å². The predicted octanol–water partition coefficient (Wildman–Crippen LogP) is 9.98. The summed E-state index contributed by atoms with van der Waals surface area (Å²) in [4.78, 5) is 0.604. The summed E-state index contributed by atoms with van der Waals surface area (Å²) in [5.74, 6) is 0. The first-order valence-corrected chi connectivity index (χ1v) is 21.8. The van der Waals surface area contributed by atoms with E-state index in [9.17, 15) is 43.2 Å². The van der Waals surface area contributed by atoms with Crippen LogP contribution in [0.15, 0.2) is 148 Å². The van der Waals surface area contributed by atoms with Crippen molar-refractivity contribution in [2.45, 2.75) is 39.0 Å². The third kappa shape index (κ3) is 8.05. The number of hydrogen-bond donors (Lipinski definition) is 0. The molecule has 5 aromatic rings. The Morgan fingerprint density at radius 2 is 0.960 bits per heavy atom. The van der Waals surface area contributed by atoms with Crippen LogP contribution >= 0.6 is 30.5 Å². The molecule has 6 nitrogen and oxygen atoms in total. The summed E-state index contributed by atoms with van der Waals surface area (Å²) >= 11 is -3.61. The van der Waals surface area contributed by atoms with Gasteiger partial charge in [0.15, 0.2) is 0 Å². The first-order valence-electron chi connectivity index (χ1n) is 14.4. The third-order valence-electron chi connectivity index (χ3n) is 7.09. The minimum atomic E-state index is -6.08. The van der Waals surface area contributed by atoms with Gasteiger partial charge in [-0.2, -0.15) is 21.6 Å². The zero-order valence-electron chi connectivity index (χ0n) is 25.7. The van der Waals surface area contributed by atoms with E-state index in [-0.39, 0.29) is 21.1 Å². The normalized spacial score (nSPS) is 13.5. The molecule has 0 saturated carbocycles. The van der Waals surface area contributed by atoms with E-state index in [4.69, 9.17) is 6.14 Å². The fraction of sp³-hybridized carbons (Fsp3) is 0.118. The summed E-state index contributed by atoms with van der Waals surface area (Å²) < 4.78 is 141. The Hall–Kier alpha value is -3.42. The van der Waals surface area contributed by atoms with Crippen molar-refractivity contribution in [1.82, 2.24) is 0 Å². The molecule has 266 valence electrons. The molecule has 0 aromatic heterocycles. The van der Waals surface area contributed by atoms with E-state index in [2.05, 4.69) is 0 Å². The minimum absolute atomic E-state index is 0.178. The second kappa shape index (κ2) is 14.7. The fourth-order valence-electron chi connectivity index (χ4n) is 4.72. The van der Waals surface area contributed by atoms with Gasteiger partial charge < -0.3 is 0 Å². The van der Waals surface area contributed by atoms with Crippen LogP contribution in [0.4, 0.5) is 26.3 Å². The molecule has 5 aromatic carbocycles. The Balaban J connectivity index is 1.50. The molecule has 0 radical (unpaired) electrons. The van der Waals surface area contributed by atoms with E-state index in [1.54, 1.807) is 85.8 Å². The van der Waals surface area contributed by atoms with Crippen LogP contribution in [0.1, 0.15) is 16.7 Å². The molecule has 0 heterocycles. The van der Waals surface area contributed by atoms with Crippen LogP contribution in [0.5, 0.6) is 0 Å². The van der Waals surface area contributed by atoms with E-state index in [0.29, 0.717) is 23.8 Å². The summed E-state index contributed by atoms with van der Waals surface area (Å²) in [5.41, 5.74) is -9.36. The summed E-state index contributed by atoms with van der Waals surface area (Å²) in [5, 5.41) is 0. The quantitative estimate of drug-likeness (QED) is 0.0747. The van der Waals surface area contributed by atoms with Crippen molar-refractivity contribution >= 4 is 50.8 Å². The topological polar surface area (TPSA) is 86.7 Å². The number of hydrogen-bond acceptors (Lipinski definition) is 6. The van der Waals surface area contributed by atoms with E-state index in [1.807, 2.05) is 0 Å². The van der Waals surface area contributed by atoms with Gasteiger partial charge in [-0.05, 0) is 0 Å². The van der Waals surface area contributed by atoms with Gasteiger partial charge in [0.05, 0.1) is 0 Å². The monoisotopic (exact) mass is 868 g/mol. The van der Waals surface area contributed by atoms with Gasteiger partial charge in [-0.3, -0.25) is 0 Å². The molecular weight excluding hydrogens is 841 g/mol. The van der Waals surface area contributed by atoms with Gasteiger partial charge in [0.25, 0.3) is 0 Å². The number of aryl methyl sites for hydroxylation is 1. The molecule has 0 N–H and O–H groups in total. The average Bonchev–Trinajstić information content (AvgIpc) is 3.07. The van der Waals surface area contributed by atoms with E-state index in [1.165, 1.54) is 54.6 Å². The number of rotatable bonds is 11. The van der Waals surface area contributed by atoms with E-state index < -0.39 is 61.8 Å². The maximum absolute atomic E-state index is 13.8. The van der Waals surface area contributed by atoms with Crippen LogP contribution in [0.25, 0.3) is 0 Å². The number of halogens is 7. The van der Waals surface area contributed by atoms with Gasteiger partial charge in [-0.25, -0.2) is 0 Å². The fourth-order valence-corrected chi connectivity index (χ4v) is 16.3. The molecule has 0 unspecified atom stereocenters. The first kappa shape index (κ1) is 37.8. The molecule has 0 spiro atoms. The second-order valence-electron chi connectivity index (χ2n) is 10.6. The molecule has 5 rings (SSSR count). The standard InChI is InChI=1S/C34H27F6IO6S3/c1-25-10-8-9-15-32(25)41(46-49(42,43)33(35,36)37)28-20-16-26(17-21-28)24-27-18-22-31(23-19-27)48(29-11-4-2-5-12-29,30-13-6-3-7-14-30)47-50(44,45)34(38,39)40/h2-23H,24H2,1H3. The molecule has 0 saturated heterocycles. The van der Waals surface area contributed by atoms with Crippen molar-refractivity contribution in [3.63, 3.8) is 0 Å². The van der Waals surface area contributed by atoms with Crippen LogP contribution in [-0.4, -0.2) is 27.9 Å². The van der Waals surface area contributed by atoms with Gasteiger partial charge in [0.2, 0.25) is 0 Å². The van der Waals surface area contributed by atoms with Gasteiger partial charge in [0.1, 0.15) is 0 Å². The summed E-state index contributed by atoms with van der Waals surface area (Å²) in [6.45, 7) is 1.65. The van der Waals surface area contributed by atoms with Crippen molar-refractivity contribution in [3.05, 3.63) is 157 Å². The van der Waals surface area contributed by atoms with Gasteiger partial charge in [0, 0.05) is 0 Å². The van der Waals surface area contributed by atoms with E-state index >= 15 is 0 Å². The van der Waals surface area contributed by atoms with Crippen LogP contribution < -0.4 is 0 Å². The Morgan fingerprint density at radius 3 is 1.42 bits per heavy atom. The Morgan fingerprint density at radius 1 is 0.540 bits per heavy atom. The van der Waals surface area contributed by atoms with Gasteiger partial charge >= 0.3 is 238 Å². The third-order valence-corrected chi connectivity index (χ3v) is 19.5. The Kier molecular flexibility index (Phi) is 11.1. The maximum atomic E-state index is 13.8. The van der Waals surface area contributed by atoms with Crippen molar-refractivity contribution in [3.8, 4) is 0 Å². The number of benzene rings is 5. The Labute approximate surface area is 294 Å². The molecule has 0 atom stereocenters. The van der Waals surface area contributed by atoms with Gasteiger partial charge in [-0.15, -0.1) is 0 Å². The van der Waals surface area contributed by atoms with Gasteiger partial charge in [-0.1, -0.05) is 36.4 Å². The molecule has 0 fully saturated rings. The number of alkyl halides is 6. The molecular formula is C34H27F6IO6S3. The molecule has 0 aliphatic heterocycles. The van der Waals surface area contributed by atoms with Crippen molar-refractivity contribution < 1.29 is 49.3 Å². The second-order valence-corrected chi connectivity index (χ2v) is 21.4. The van der Waals surface area contributed by atoms with Crippen molar-refractivity contribution in [1.29, 1.82) is 0 Å². The van der Waals surface area contributed by atoms with Crippen molar-refractivity contribution in [2.24, 2.45) is 0 Å². The van der Waals surface area contributed by atoms with Crippen LogP contribution in [0.3, 0.4) is 0 Å². The average molecular weight is 869 g/mol. The first-order chi connectivity index (χ1) is 23.4. The zero-order valence-corrected chi connectivity index (χ0v) is 30.3.